The fraction of sp³-hybridized carbons (Fsp3) is 0.280. The fourth-order valence-corrected chi connectivity index (χ4v) is 3.96. The van der Waals surface area contributed by atoms with Gasteiger partial charge in [0.15, 0.2) is 5.76 Å². The number of aliphatic carboxylic acids is 2. The molecular formula is C25H27N3O7. The second kappa shape index (κ2) is 11.8. The SMILES string of the molecule is C=CC(=O)Nc1ccc(-c2ccc(C(=O)N3CCN4CCC3CC4)o2)cc1.O=C(O)/C=C/C(=O)O. The molecule has 0 spiro atoms. The first-order valence-electron chi connectivity index (χ1n) is 11.1. The van der Waals surface area contributed by atoms with E-state index in [-0.39, 0.29) is 11.8 Å². The number of carbonyl (C=O) groups is 4. The van der Waals surface area contributed by atoms with Crippen LogP contribution in [0.2, 0.25) is 0 Å². The lowest BCUT2D eigenvalue weighted by Crippen LogP contribution is -2.41. The van der Waals surface area contributed by atoms with Gasteiger partial charge in [0.2, 0.25) is 5.91 Å². The van der Waals surface area contributed by atoms with Gasteiger partial charge in [-0.15, -0.1) is 0 Å². The minimum absolute atomic E-state index is 0.0233. The summed E-state index contributed by atoms with van der Waals surface area (Å²) in [5, 5.41) is 18.3. The summed E-state index contributed by atoms with van der Waals surface area (Å²) in [6, 6.07) is 11.2. The van der Waals surface area contributed by atoms with Gasteiger partial charge in [-0.05, 0) is 55.3 Å². The van der Waals surface area contributed by atoms with Crippen LogP contribution in [0.25, 0.3) is 11.3 Å². The number of furan rings is 1. The quantitative estimate of drug-likeness (QED) is 0.535. The number of carboxylic acid groups (broad SMARTS) is 2. The van der Waals surface area contributed by atoms with Crippen molar-refractivity contribution in [1.82, 2.24) is 9.80 Å². The Morgan fingerprint density at radius 2 is 1.54 bits per heavy atom. The normalized spacial score (nSPS) is 18.8. The molecule has 3 aliphatic heterocycles. The number of amides is 2. The number of fused-ring (bicyclic) bond motifs is 4. The number of piperidine rings is 1. The number of nitrogens with one attached hydrogen (secondary N) is 1. The van der Waals surface area contributed by atoms with E-state index in [2.05, 4.69) is 16.8 Å². The number of rotatable bonds is 6. The summed E-state index contributed by atoms with van der Waals surface area (Å²) < 4.78 is 5.87. The highest BCUT2D eigenvalue weighted by atomic mass is 16.4. The van der Waals surface area contributed by atoms with E-state index in [1.54, 1.807) is 18.2 Å². The van der Waals surface area contributed by atoms with Crippen LogP contribution in [-0.4, -0.2) is 76.0 Å². The molecule has 0 saturated carbocycles. The monoisotopic (exact) mass is 481 g/mol. The van der Waals surface area contributed by atoms with Crippen LogP contribution in [0.1, 0.15) is 23.4 Å². The Morgan fingerprint density at radius 3 is 2.11 bits per heavy atom. The van der Waals surface area contributed by atoms with Crippen molar-refractivity contribution in [3.63, 3.8) is 0 Å². The van der Waals surface area contributed by atoms with Crippen molar-refractivity contribution in [1.29, 1.82) is 0 Å². The Labute approximate surface area is 202 Å². The van der Waals surface area contributed by atoms with E-state index >= 15 is 0 Å². The highest BCUT2D eigenvalue weighted by Crippen LogP contribution is 2.27. The lowest BCUT2D eigenvalue weighted by atomic mass is 10.1. The Morgan fingerprint density at radius 1 is 0.914 bits per heavy atom. The Kier molecular flexibility index (Phi) is 8.58. The van der Waals surface area contributed by atoms with Crippen molar-refractivity contribution in [3.05, 3.63) is 67.0 Å². The molecule has 3 saturated heterocycles. The predicted octanol–water partition coefficient (Wildman–Crippen LogP) is 2.70. The second-order valence-electron chi connectivity index (χ2n) is 8.02. The van der Waals surface area contributed by atoms with E-state index in [9.17, 15) is 19.2 Å². The molecule has 3 N–H and O–H groups in total. The van der Waals surface area contributed by atoms with Gasteiger partial charge in [-0.2, -0.15) is 0 Å². The van der Waals surface area contributed by atoms with E-state index in [1.807, 2.05) is 23.1 Å². The number of hydrogen-bond acceptors (Lipinski definition) is 6. The molecule has 0 unspecified atom stereocenters. The minimum atomic E-state index is -1.26. The topological polar surface area (TPSA) is 140 Å². The van der Waals surface area contributed by atoms with Gasteiger partial charge in [0.05, 0.1) is 0 Å². The lowest BCUT2D eigenvalue weighted by Gasteiger charge is -2.30. The van der Waals surface area contributed by atoms with Crippen LogP contribution in [0.5, 0.6) is 0 Å². The summed E-state index contributed by atoms with van der Waals surface area (Å²) in [5.41, 5.74) is 1.54. The third-order valence-corrected chi connectivity index (χ3v) is 5.72. The molecule has 10 nitrogen and oxygen atoms in total. The molecule has 4 heterocycles. The first-order valence-corrected chi connectivity index (χ1v) is 11.1. The summed E-state index contributed by atoms with van der Waals surface area (Å²) in [6.07, 6.45) is 4.42. The van der Waals surface area contributed by atoms with E-state index in [0.29, 0.717) is 35.4 Å². The predicted molar refractivity (Wildman–Crippen MR) is 128 cm³/mol. The maximum absolute atomic E-state index is 13.0. The zero-order chi connectivity index (χ0) is 25.4. The molecule has 35 heavy (non-hydrogen) atoms. The highest BCUT2D eigenvalue weighted by molar-refractivity contribution is 5.99. The number of hydrogen-bond donors (Lipinski definition) is 3. The molecule has 5 rings (SSSR count). The molecule has 10 heteroatoms. The number of carboxylic acids is 2. The summed E-state index contributed by atoms with van der Waals surface area (Å²) in [6.45, 7) is 7.29. The molecule has 0 aliphatic carbocycles. The summed E-state index contributed by atoms with van der Waals surface area (Å²) >= 11 is 0. The van der Waals surface area contributed by atoms with Crippen LogP contribution in [0.15, 0.2) is 65.6 Å². The summed E-state index contributed by atoms with van der Waals surface area (Å²) in [5.74, 6) is -1.77. The molecular weight excluding hydrogens is 454 g/mol. The zero-order valence-electron chi connectivity index (χ0n) is 19.1. The van der Waals surface area contributed by atoms with E-state index < -0.39 is 11.9 Å². The van der Waals surface area contributed by atoms with Crippen molar-refractivity contribution in [2.45, 2.75) is 18.9 Å². The van der Waals surface area contributed by atoms with Crippen LogP contribution in [0.4, 0.5) is 5.69 Å². The summed E-state index contributed by atoms with van der Waals surface area (Å²) in [4.78, 5) is 47.8. The average molecular weight is 482 g/mol. The second-order valence-corrected chi connectivity index (χ2v) is 8.02. The van der Waals surface area contributed by atoms with Gasteiger partial charge in [-0.1, -0.05) is 6.58 Å². The maximum Gasteiger partial charge on any atom is 0.328 e. The minimum Gasteiger partial charge on any atom is -0.478 e. The molecule has 3 fully saturated rings. The highest BCUT2D eigenvalue weighted by Gasteiger charge is 2.33. The molecule has 0 atom stereocenters. The van der Waals surface area contributed by atoms with E-state index in [1.165, 1.54) is 6.08 Å². The zero-order valence-corrected chi connectivity index (χ0v) is 19.1. The van der Waals surface area contributed by atoms with Crippen molar-refractivity contribution < 1.29 is 33.8 Å². The maximum atomic E-state index is 13.0. The number of nitrogens with zero attached hydrogens (tertiary/aromatic N) is 2. The average Bonchev–Trinajstić information content (AvgIpc) is 3.15. The van der Waals surface area contributed by atoms with Gasteiger partial charge in [-0.3, -0.25) is 9.59 Å². The molecule has 2 amide bonds. The third kappa shape index (κ3) is 7.15. The van der Waals surface area contributed by atoms with E-state index in [4.69, 9.17) is 14.6 Å². The molecule has 2 bridgehead atoms. The van der Waals surface area contributed by atoms with Gasteiger partial charge in [0.1, 0.15) is 5.76 Å². The number of benzene rings is 1. The number of anilines is 1. The van der Waals surface area contributed by atoms with Crippen molar-refractivity contribution in [2.75, 3.05) is 31.5 Å². The first-order chi connectivity index (χ1) is 16.8. The van der Waals surface area contributed by atoms with Crippen LogP contribution in [0.3, 0.4) is 0 Å². The van der Waals surface area contributed by atoms with Gasteiger partial charge in [0, 0.05) is 55.6 Å². The van der Waals surface area contributed by atoms with Gasteiger partial charge in [0.25, 0.3) is 5.91 Å². The third-order valence-electron chi connectivity index (χ3n) is 5.72. The molecule has 1 aromatic carbocycles. The summed E-state index contributed by atoms with van der Waals surface area (Å²) in [7, 11) is 0. The van der Waals surface area contributed by atoms with Gasteiger partial charge in [-0.25, -0.2) is 9.59 Å². The van der Waals surface area contributed by atoms with Crippen molar-refractivity contribution in [3.8, 4) is 11.3 Å². The molecule has 3 aliphatic rings. The van der Waals surface area contributed by atoms with Crippen LogP contribution < -0.4 is 5.32 Å². The standard InChI is InChI=1S/C21H23N3O3.C4H4O4/c1-2-20(25)22-16-5-3-15(4-6-16)18-7-8-19(27-18)21(26)24-14-13-23-11-9-17(24)10-12-23;5-3(6)1-2-4(7)8/h2-8,17H,1,9-14H2,(H,22,25);1-2H,(H,5,6)(H,7,8)/b;2-1+. The molecule has 2 aromatic rings. The Balaban J connectivity index is 0.000000371. The Bertz CT molecular complexity index is 1100. The van der Waals surface area contributed by atoms with Gasteiger partial charge >= 0.3 is 11.9 Å². The van der Waals surface area contributed by atoms with Crippen molar-refractivity contribution in [2.24, 2.45) is 0 Å². The van der Waals surface area contributed by atoms with Crippen LogP contribution >= 0.6 is 0 Å². The first kappa shape index (κ1) is 25.4. The van der Waals surface area contributed by atoms with E-state index in [0.717, 1.165) is 44.6 Å². The van der Waals surface area contributed by atoms with Gasteiger partial charge < -0.3 is 29.7 Å². The molecule has 1 aromatic heterocycles. The fourth-order valence-electron chi connectivity index (χ4n) is 3.96. The smallest absolute Gasteiger partial charge is 0.328 e. The van der Waals surface area contributed by atoms with Crippen molar-refractivity contribution >= 4 is 29.4 Å². The Hall–Kier alpha value is -4.18. The van der Waals surface area contributed by atoms with Crippen LogP contribution in [-0.2, 0) is 14.4 Å². The van der Waals surface area contributed by atoms with Crippen LogP contribution in [0, 0.1) is 0 Å². The number of carbonyl (C=O) groups excluding carboxylic acids is 2. The molecule has 0 radical (unpaired) electrons. The lowest BCUT2D eigenvalue weighted by molar-refractivity contribution is -0.134. The largest absolute Gasteiger partial charge is 0.478 e. The molecule has 184 valence electrons.